The van der Waals surface area contributed by atoms with E-state index in [9.17, 15) is 44.1 Å². The van der Waals surface area contributed by atoms with E-state index in [1.54, 1.807) is 77.9 Å². The van der Waals surface area contributed by atoms with Crippen LogP contribution in [0, 0.1) is 37.0 Å². The van der Waals surface area contributed by atoms with Crippen molar-refractivity contribution in [3.63, 3.8) is 0 Å². The number of aromatic hydroxyl groups is 3. The number of hydrogen-bond donors (Lipinski definition) is 3. The van der Waals surface area contributed by atoms with Crippen LogP contribution < -0.4 is 17.1 Å². The van der Waals surface area contributed by atoms with Crippen LogP contribution in [-0.4, -0.2) is 46.9 Å². The first kappa shape index (κ1) is 55.5. The number of esters is 3. The Kier molecular flexibility index (Phi) is 16.8. The molecule has 1 aromatic heterocycles. The third-order valence-electron chi connectivity index (χ3n) is 12.1. The van der Waals surface area contributed by atoms with Crippen molar-refractivity contribution in [3.8, 4) is 17.2 Å². The van der Waals surface area contributed by atoms with Gasteiger partial charge in [-0.2, -0.15) is 0 Å². The number of phenolic OH excluding ortho intramolecular Hbond substituents is 3. The van der Waals surface area contributed by atoms with E-state index in [1.165, 1.54) is 20.8 Å². The molecule has 0 saturated carbocycles. The normalized spacial score (nSPS) is 14.9. The summed E-state index contributed by atoms with van der Waals surface area (Å²) in [5.41, 5.74) is 0.641. The predicted octanol–water partition coefficient (Wildman–Crippen LogP) is 9.58. The van der Waals surface area contributed by atoms with E-state index in [1.807, 2.05) is 62.3 Å². The Balaban J connectivity index is 1.80. The molecule has 15 nitrogen and oxygen atoms in total. The van der Waals surface area contributed by atoms with E-state index in [0.717, 1.165) is 0 Å². The molecule has 3 N–H and O–H groups in total. The molecule has 4 rings (SSSR count). The summed E-state index contributed by atoms with van der Waals surface area (Å²) in [6.45, 7) is 31.8. The Hall–Kier alpha value is -6.12. The smallest absolute Gasteiger partial charge is 0.342 e. The lowest BCUT2D eigenvalue weighted by Crippen LogP contribution is -2.57. The minimum absolute atomic E-state index is 0.109. The quantitative estimate of drug-likeness (QED) is 0.0753. The number of carbonyl (C=O) groups is 3. The zero-order valence-electron chi connectivity index (χ0n) is 43.9. The number of benzene rings is 3. The minimum Gasteiger partial charge on any atom is -0.507 e. The van der Waals surface area contributed by atoms with Gasteiger partial charge in [-0.3, -0.25) is 14.4 Å². The van der Waals surface area contributed by atoms with Gasteiger partial charge in [0.2, 0.25) is 0 Å². The highest BCUT2D eigenvalue weighted by atomic mass is 16.6. The summed E-state index contributed by atoms with van der Waals surface area (Å²) >= 11 is 0. The van der Waals surface area contributed by atoms with E-state index < -0.39 is 71.4 Å². The van der Waals surface area contributed by atoms with E-state index in [2.05, 4.69) is 0 Å². The first-order valence-corrected chi connectivity index (χ1v) is 23.6. The standard InChI is InChI=1S/C54H75N3O12/c1-28-19-37(22-40(43(28)58)25-52(10,11)12)31(4)46(61)67-34(7)55-49(64)56(35(8)68-47(62)32(5)38-20-29(2)44(59)41(23-38)26-53(13,14)15)51(66)57(50(55)65)36(9)69-48(63)33(6)39-21-30(3)45(60)42(24-39)27-54(16,17)18/h19-24,31-36,58-60H,25-27H2,1-18H3. The van der Waals surface area contributed by atoms with Crippen LogP contribution in [0.1, 0.15) is 190 Å². The molecule has 378 valence electrons. The van der Waals surface area contributed by atoms with Gasteiger partial charge in [-0.05, 0) is 148 Å². The molecule has 0 aliphatic carbocycles. The Morgan fingerprint density at radius 1 is 0.435 bits per heavy atom. The van der Waals surface area contributed by atoms with Crippen LogP contribution in [0.5, 0.6) is 17.2 Å². The molecule has 0 saturated heterocycles. The number of carbonyl (C=O) groups excluding carboxylic acids is 3. The van der Waals surface area contributed by atoms with E-state index in [-0.39, 0.29) is 33.5 Å². The van der Waals surface area contributed by atoms with Crippen LogP contribution >= 0.6 is 0 Å². The maximum Gasteiger partial charge on any atom is 0.342 e. The maximum atomic E-state index is 14.5. The third-order valence-corrected chi connectivity index (χ3v) is 12.1. The molecule has 15 heteroatoms. The van der Waals surface area contributed by atoms with Gasteiger partial charge in [-0.1, -0.05) is 98.7 Å². The molecule has 3 aromatic carbocycles. The summed E-state index contributed by atoms with van der Waals surface area (Å²) < 4.78 is 19.0. The lowest BCUT2D eigenvalue weighted by Gasteiger charge is -2.26. The largest absolute Gasteiger partial charge is 0.507 e. The second-order valence-corrected chi connectivity index (χ2v) is 22.5. The SMILES string of the molecule is Cc1cc(C(C)C(=O)OC(C)n2c(=O)n(C(C)OC(=O)C(C)c3cc(C)c(O)c(CC(C)(C)C)c3)c(=O)n(C(C)OC(=O)C(C)c3cc(C)c(O)c(CC(C)(C)C)c3)c2=O)cc(CC(C)(C)C)c1O. The first-order valence-electron chi connectivity index (χ1n) is 23.6. The van der Waals surface area contributed by atoms with Crippen LogP contribution in [0.4, 0.5) is 0 Å². The molecule has 0 bridgehead atoms. The van der Waals surface area contributed by atoms with Gasteiger partial charge in [-0.15, -0.1) is 0 Å². The van der Waals surface area contributed by atoms with Gasteiger partial charge in [0.05, 0.1) is 17.8 Å². The first-order chi connectivity index (χ1) is 31.5. The van der Waals surface area contributed by atoms with Crippen molar-refractivity contribution in [2.45, 2.75) is 180 Å². The number of ether oxygens (including phenoxy) is 3. The molecule has 6 atom stereocenters. The number of aromatic nitrogens is 3. The van der Waals surface area contributed by atoms with E-state index in [4.69, 9.17) is 14.2 Å². The van der Waals surface area contributed by atoms with Crippen LogP contribution in [-0.2, 0) is 47.9 Å². The Morgan fingerprint density at radius 2 is 0.638 bits per heavy atom. The fourth-order valence-corrected chi connectivity index (χ4v) is 8.42. The predicted molar refractivity (Wildman–Crippen MR) is 265 cm³/mol. The van der Waals surface area contributed by atoms with Gasteiger partial charge in [0, 0.05) is 0 Å². The van der Waals surface area contributed by atoms with Crippen LogP contribution in [0.15, 0.2) is 50.8 Å². The molecular weight excluding hydrogens is 883 g/mol. The van der Waals surface area contributed by atoms with Crippen molar-refractivity contribution in [3.05, 3.63) is 118 Å². The molecule has 0 fully saturated rings. The molecule has 69 heavy (non-hydrogen) atoms. The Bertz CT molecular complexity index is 2450. The van der Waals surface area contributed by atoms with E-state index in [0.29, 0.717) is 83.0 Å². The van der Waals surface area contributed by atoms with Gasteiger partial charge in [0.25, 0.3) is 0 Å². The summed E-state index contributed by atoms with van der Waals surface area (Å²) in [6, 6.07) is 10.1. The molecule has 0 radical (unpaired) electrons. The molecule has 0 aliphatic rings. The van der Waals surface area contributed by atoms with Crippen molar-refractivity contribution in [1.29, 1.82) is 0 Å². The summed E-state index contributed by atoms with van der Waals surface area (Å²) in [5, 5.41) is 32.5. The zero-order chi connectivity index (χ0) is 52.6. The number of phenols is 3. The van der Waals surface area contributed by atoms with E-state index >= 15 is 0 Å². The highest BCUT2D eigenvalue weighted by Crippen LogP contribution is 2.36. The van der Waals surface area contributed by atoms with Crippen molar-refractivity contribution < 1.29 is 43.9 Å². The molecule has 0 spiro atoms. The number of hydrogen-bond acceptors (Lipinski definition) is 12. The monoisotopic (exact) mass is 958 g/mol. The van der Waals surface area contributed by atoms with Crippen LogP contribution in [0.25, 0.3) is 0 Å². The summed E-state index contributed by atoms with van der Waals surface area (Å²) in [5.74, 6) is -5.03. The second-order valence-electron chi connectivity index (χ2n) is 22.5. The fraction of sp³-hybridized carbons (Fsp3) is 0.556. The fourth-order valence-electron chi connectivity index (χ4n) is 8.42. The highest BCUT2D eigenvalue weighted by molar-refractivity contribution is 5.79. The molecular formula is C54H75N3O12. The summed E-state index contributed by atoms with van der Waals surface area (Å²) in [6.07, 6.45) is -3.45. The summed E-state index contributed by atoms with van der Waals surface area (Å²) in [7, 11) is 0. The maximum absolute atomic E-state index is 14.5. The minimum atomic E-state index is -1.66. The Labute approximate surface area is 406 Å². The van der Waals surface area contributed by atoms with Crippen LogP contribution in [0.2, 0.25) is 0 Å². The highest BCUT2D eigenvalue weighted by Gasteiger charge is 2.33. The van der Waals surface area contributed by atoms with Crippen molar-refractivity contribution >= 4 is 17.9 Å². The zero-order valence-corrected chi connectivity index (χ0v) is 43.9. The average molecular weight is 958 g/mol. The lowest BCUT2D eigenvalue weighted by molar-refractivity contribution is -0.156. The van der Waals surface area contributed by atoms with Gasteiger partial charge in [-0.25, -0.2) is 28.1 Å². The molecule has 6 unspecified atom stereocenters. The second kappa shape index (κ2) is 20.9. The van der Waals surface area contributed by atoms with Gasteiger partial charge >= 0.3 is 35.0 Å². The number of rotatable bonds is 15. The summed E-state index contributed by atoms with van der Waals surface area (Å²) in [4.78, 5) is 85.1. The third kappa shape index (κ3) is 13.4. The topological polar surface area (TPSA) is 206 Å². The Morgan fingerprint density at radius 3 is 0.826 bits per heavy atom. The number of nitrogens with zero attached hydrogens (tertiary/aromatic N) is 3. The molecule has 4 aromatic rings. The van der Waals surface area contributed by atoms with Gasteiger partial charge in [0.15, 0.2) is 18.7 Å². The van der Waals surface area contributed by atoms with Gasteiger partial charge in [0.1, 0.15) is 17.2 Å². The molecule has 1 heterocycles. The average Bonchev–Trinajstić information content (AvgIpc) is 3.20. The lowest BCUT2D eigenvalue weighted by atomic mass is 9.85. The van der Waals surface area contributed by atoms with Crippen LogP contribution in [0.3, 0.4) is 0 Å². The van der Waals surface area contributed by atoms with Crippen molar-refractivity contribution in [1.82, 2.24) is 13.7 Å². The van der Waals surface area contributed by atoms with Crippen molar-refractivity contribution in [2.24, 2.45) is 16.2 Å². The van der Waals surface area contributed by atoms with Crippen molar-refractivity contribution in [2.75, 3.05) is 0 Å². The van der Waals surface area contributed by atoms with Gasteiger partial charge < -0.3 is 29.5 Å². The molecule has 0 amide bonds. The molecule has 0 aliphatic heterocycles. The number of aryl methyl sites for hydroxylation is 3.